The summed E-state index contributed by atoms with van der Waals surface area (Å²) < 4.78 is 5.83. The Balaban J connectivity index is 3.24. The summed E-state index contributed by atoms with van der Waals surface area (Å²) in [6.07, 6.45) is 35.7. The van der Waals surface area contributed by atoms with Crippen LogP contribution in [0.25, 0.3) is 0 Å². The van der Waals surface area contributed by atoms with Crippen LogP contribution in [0.3, 0.4) is 0 Å². The van der Waals surface area contributed by atoms with Gasteiger partial charge in [0.2, 0.25) is 11.8 Å². The van der Waals surface area contributed by atoms with Gasteiger partial charge in [0.15, 0.2) is 0 Å². The van der Waals surface area contributed by atoms with Crippen LogP contribution in [0.4, 0.5) is 0 Å². The SMILES string of the molecule is CCCCCCCCCCCCCCCC(=O)NSSSSSSNC(=O)CCCCCCCCCCCCCCC. The molecule has 4 nitrogen and oxygen atoms in total. The lowest BCUT2D eigenvalue weighted by Gasteiger charge is -2.05. The van der Waals surface area contributed by atoms with Crippen LogP contribution in [0.5, 0.6) is 0 Å². The average molecular weight is 701 g/mol. The van der Waals surface area contributed by atoms with Crippen LogP contribution in [-0.4, -0.2) is 11.8 Å². The van der Waals surface area contributed by atoms with E-state index >= 15 is 0 Å². The zero-order chi connectivity index (χ0) is 30.6. The standard InChI is InChI=1S/C32H64N2O2S6/c1-3-5-7-9-11-13-15-17-19-21-23-25-27-29-31(35)33-37-39-41-42-40-38-34-32(36)30-28-26-24-22-20-18-16-14-12-10-8-6-4-2/h3-30H2,1-2H3,(H,33,35)(H,34,36). The van der Waals surface area contributed by atoms with Gasteiger partial charge in [-0.05, 0) is 12.8 Å². The lowest BCUT2D eigenvalue weighted by Crippen LogP contribution is -2.13. The van der Waals surface area contributed by atoms with E-state index in [1.54, 1.807) is 39.3 Å². The molecule has 250 valence electrons. The number of amides is 2. The molecule has 0 aliphatic carbocycles. The van der Waals surface area contributed by atoms with Crippen LogP contribution in [0.2, 0.25) is 0 Å². The fraction of sp³-hybridized carbons (Fsp3) is 0.938. The minimum atomic E-state index is 0.128. The molecule has 10 heteroatoms. The van der Waals surface area contributed by atoms with Crippen molar-refractivity contribution in [3.05, 3.63) is 0 Å². The van der Waals surface area contributed by atoms with E-state index < -0.39 is 0 Å². The molecule has 0 fully saturated rings. The summed E-state index contributed by atoms with van der Waals surface area (Å²) in [6, 6.07) is 0. The first kappa shape index (κ1) is 43.0. The van der Waals surface area contributed by atoms with E-state index in [1.165, 1.54) is 163 Å². The Morgan fingerprint density at radius 2 is 0.595 bits per heavy atom. The van der Waals surface area contributed by atoms with Crippen molar-refractivity contribution in [3.63, 3.8) is 0 Å². The second kappa shape index (κ2) is 38.2. The summed E-state index contributed by atoms with van der Waals surface area (Å²) in [5, 5.41) is 0. The zero-order valence-electron chi connectivity index (χ0n) is 27.1. The molecule has 2 N–H and O–H groups in total. The van der Waals surface area contributed by atoms with Crippen molar-refractivity contribution < 1.29 is 9.59 Å². The van der Waals surface area contributed by atoms with E-state index in [9.17, 15) is 9.59 Å². The largest absolute Gasteiger partial charge is 0.290 e. The molecule has 0 bridgehead atoms. The summed E-state index contributed by atoms with van der Waals surface area (Å²) in [5.41, 5.74) is 0. The predicted octanol–water partition coefficient (Wildman–Crippen LogP) is 14.0. The molecule has 0 aromatic rings. The number of hydrogen-bond acceptors (Lipinski definition) is 8. The van der Waals surface area contributed by atoms with Crippen molar-refractivity contribution in [1.82, 2.24) is 9.44 Å². The average Bonchev–Trinajstić information content (AvgIpc) is 2.99. The van der Waals surface area contributed by atoms with Gasteiger partial charge >= 0.3 is 0 Å². The Hall–Kier alpha value is 1.04. The Kier molecular flexibility index (Phi) is 39.2. The number of rotatable bonds is 35. The van der Waals surface area contributed by atoms with Gasteiger partial charge < -0.3 is 0 Å². The molecule has 0 heterocycles. The van der Waals surface area contributed by atoms with E-state index in [0.717, 1.165) is 25.7 Å². The van der Waals surface area contributed by atoms with Crippen LogP contribution >= 0.6 is 61.3 Å². The molecule has 0 spiro atoms. The fourth-order valence-corrected chi connectivity index (χ4v) is 14.4. The van der Waals surface area contributed by atoms with Crippen molar-refractivity contribution >= 4 is 73.1 Å². The molecule has 0 rings (SSSR count). The monoisotopic (exact) mass is 700 g/mol. The molecule has 0 radical (unpaired) electrons. The first-order valence-corrected chi connectivity index (χ1v) is 24.8. The number of hydrogen-bond donors (Lipinski definition) is 2. The molecule has 0 atom stereocenters. The van der Waals surface area contributed by atoms with E-state index in [4.69, 9.17) is 0 Å². The molecule has 0 saturated carbocycles. The highest BCUT2D eigenvalue weighted by atomic mass is 33.9. The number of carbonyl (C=O) groups is 2. The van der Waals surface area contributed by atoms with E-state index in [0.29, 0.717) is 12.8 Å². The maximum Gasteiger partial charge on any atom is 0.230 e. The molecule has 0 aromatic carbocycles. The third-order valence-electron chi connectivity index (χ3n) is 7.48. The molecule has 2 amide bonds. The Morgan fingerprint density at radius 3 is 0.857 bits per heavy atom. The second-order valence-corrected chi connectivity index (χ2v) is 20.3. The number of unbranched alkanes of at least 4 members (excludes halogenated alkanes) is 24. The summed E-state index contributed by atoms with van der Waals surface area (Å²) in [4.78, 5) is 23.9. The van der Waals surface area contributed by atoms with Crippen LogP contribution < -0.4 is 9.44 Å². The van der Waals surface area contributed by atoms with Crippen molar-refractivity contribution in [1.29, 1.82) is 0 Å². The van der Waals surface area contributed by atoms with Crippen LogP contribution in [0.1, 0.15) is 194 Å². The third kappa shape index (κ3) is 37.2. The lowest BCUT2D eigenvalue weighted by molar-refractivity contribution is -0.120. The quantitative estimate of drug-likeness (QED) is 0.0385. The molecular formula is C32H64N2O2S6. The smallest absolute Gasteiger partial charge is 0.230 e. The summed E-state index contributed by atoms with van der Waals surface area (Å²) in [6.45, 7) is 4.55. The first-order chi connectivity index (χ1) is 20.7. The molecule has 0 aliphatic heterocycles. The molecule has 42 heavy (non-hydrogen) atoms. The molecule has 0 saturated heterocycles. The van der Waals surface area contributed by atoms with E-state index in [-0.39, 0.29) is 11.8 Å². The molecule has 0 aromatic heterocycles. The van der Waals surface area contributed by atoms with Crippen LogP contribution in [0, 0.1) is 0 Å². The maximum absolute atomic E-state index is 12.0. The number of carbonyl (C=O) groups excluding carboxylic acids is 2. The Bertz CT molecular complexity index is 527. The van der Waals surface area contributed by atoms with Gasteiger partial charge in [-0.1, -0.05) is 168 Å². The highest BCUT2D eigenvalue weighted by Gasteiger charge is 2.04. The van der Waals surface area contributed by atoms with Crippen molar-refractivity contribution in [2.45, 2.75) is 194 Å². The summed E-state index contributed by atoms with van der Waals surface area (Å²) in [7, 11) is 9.08. The Morgan fingerprint density at radius 1 is 0.357 bits per heavy atom. The van der Waals surface area contributed by atoms with Crippen LogP contribution in [0.15, 0.2) is 0 Å². The van der Waals surface area contributed by atoms with Gasteiger partial charge in [-0.25, -0.2) is 0 Å². The van der Waals surface area contributed by atoms with E-state index in [1.807, 2.05) is 0 Å². The van der Waals surface area contributed by atoms with Gasteiger partial charge in [0, 0.05) is 74.1 Å². The minimum Gasteiger partial charge on any atom is -0.290 e. The third-order valence-corrected chi connectivity index (χ3v) is 17.0. The minimum absolute atomic E-state index is 0.128. The molecule has 0 unspecified atom stereocenters. The van der Waals surface area contributed by atoms with Crippen molar-refractivity contribution in [2.24, 2.45) is 0 Å². The van der Waals surface area contributed by atoms with Crippen molar-refractivity contribution in [3.8, 4) is 0 Å². The summed E-state index contributed by atoms with van der Waals surface area (Å²) >= 11 is 0. The fourth-order valence-electron chi connectivity index (χ4n) is 4.89. The highest BCUT2D eigenvalue weighted by molar-refractivity contribution is 9.41. The topological polar surface area (TPSA) is 58.2 Å². The Labute approximate surface area is 283 Å². The zero-order valence-corrected chi connectivity index (χ0v) is 32.0. The normalized spacial score (nSPS) is 11.2. The van der Waals surface area contributed by atoms with Gasteiger partial charge in [-0.3, -0.25) is 19.0 Å². The van der Waals surface area contributed by atoms with Gasteiger partial charge in [0.1, 0.15) is 0 Å². The van der Waals surface area contributed by atoms with Gasteiger partial charge in [-0.2, -0.15) is 0 Å². The predicted molar refractivity (Wildman–Crippen MR) is 202 cm³/mol. The van der Waals surface area contributed by atoms with Gasteiger partial charge in [0.25, 0.3) is 0 Å². The second-order valence-electron chi connectivity index (χ2n) is 11.5. The van der Waals surface area contributed by atoms with E-state index in [2.05, 4.69) is 23.3 Å². The van der Waals surface area contributed by atoms with Crippen molar-refractivity contribution in [2.75, 3.05) is 0 Å². The molecule has 0 aliphatic rings. The first-order valence-electron chi connectivity index (χ1n) is 17.3. The lowest BCUT2D eigenvalue weighted by atomic mass is 10.0. The number of nitrogens with one attached hydrogen (secondary N) is 2. The van der Waals surface area contributed by atoms with Gasteiger partial charge in [-0.15, -0.1) is 0 Å². The highest BCUT2D eigenvalue weighted by Crippen LogP contribution is 2.50. The van der Waals surface area contributed by atoms with Gasteiger partial charge in [0.05, 0.1) is 0 Å². The summed E-state index contributed by atoms with van der Waals surface area (Å²) in [5.74, 6) is 0.257. The maximum atomic E-state index is 12.0. The van der Waals surface area contributed by atoms with Crippen LogP contribution in [-0.2, 0) is 9.59 Å². The molecular weight excluding hydrogens is 637 g/mol.